The Bertz CT molecular complexity index is 1150. The average Bonchev–Trinajstić information content (AvgIpc) is 3.41. The molecule has 2 amide bonds. The van der Waals surface area contributed by atoms with E-state index in [-0.39, 0.29) is 11.8 Å². The molecule has 3 heterocycles. The van der Waals surface area contributed by atoms with E-state index in [0.29, 0.717) is 28.7 Å². The van der Waals surface area contributed by atoms with Gasteiger partial charge in [0.25, 0.3) is 11.8 Å². The fraction of sp³-hybridized carbons (Fsp3) is 0.364. The highest BCUT2D eigenvalue weighted by Gasteiger charge is 2.29. The van der Waals surface area contributed by atoms with Gasteiger partial charge < -0.3 is 19.5 Å². The third-order valence-electron chi connectivity index (χ3n) is 5.95. The molecule has 1 saturated carbocycles. The Kier molecular flexibility index (Phi) is 4.42. The Labute approximate surface area is 173 Å². The molecule has 8 heteroatoms. The van der Waals surface area contributed by atoms with Gasteiger partial charge in [-0.25, -0.2) is 9.97 Å². The van der Waals surface area contributed by atoms with E-state index in [1.165, 1.54) is 12.8 Å². The SMILES string of the molecule is CC1Oc2cc(NC(=O)c3cnc4c(c3)ncn4C3CCCC3)ccc2N(C)C1=O. The number of likely N-dealkylation sites (N-methyl/N-ethyl adjacent to an activating group) is 1. The van der Waals surface area contributed by atoms with E-state index >= 15 is 0 Å². The maximum atomic E-state index is 12.8. The average molecular weight is 405 g/mol. The number of carbonyl (C=O) groups is 2. The van der Waals surface area contributed by atoms with Gasteiger partial charge in [-0.15, -0.1) is 0 Å². The molecule has 1 fully saturated rings. The largest absolute Gasteiger partial charge is 0.479 e. The first kappa shape index (κ1) is 18.6. The molecule has 1 unspecified atom stereocenters. The number of rotatable bonds is 3. The minimum absolute atomic E-state index is 0.101. The highest BCUT2D eigenvalue weighted by molar-refractivity contribution is 6.06. The first-order valence-electron chi connectivity index (χ1n) is 10.2. The molecular weight excluding hydrogens is 382 g/mol. The van der Waals surface area contributed by atoms with Gasteiger partial charge in [-0.2, -0.15) is 0 Å². The molecule has 154 valence electrons. The van der Waals surface area contributed by atoms with Gasteiger partial charge in [-0.05, 0) is 38.0 Å². The monoisotopic (exact) mass is 405 g/mol. The van der Waals surface area contributed by atoms with Crippen LogP contribution in [0.5, 0.6) is 5.75 Å². The van der Waals surface area contributed by atoms with E-state index in [9.17, 15) is 9.59 Å². The third kappa shape index (κ3) is 3.08. The van der Waals surface area contributed by atoms with Crippen LogP contribution in [-0.4, -0.2) is 39.5 Å². The maximum absolute atomic E-state index is 12.8. The Morgan fingerprint density at radius 2 is 2.00 bits per heavy atom. The van der Waals surface area contributed by atoms with Crippen molar-refractivity contribution in [3.05, 3.63) is 42.4 Å². The lowest BCUT2D eigenvalue weighted by Crippen LogP contribution is -2.41. The number of fused-ring (bicyclic) bond motifs is 2. The number of benzene rings is 1. The summed E-state index contributed by atoms with van der Waals surface area (Å²) in [6.45, 7) is 1.71. The topological polar surface area (TPSA) is 89.3 Å². The van der Waals surface area contributed by atoms with Crippen LogP contribution in [0.15, 0.2) is 36.8 Å². The molecule has 2 aromatic heterocycles. The second-order valence-corrected chi connectivity index (χ2v) is 7.95. The Balaban J connectivity index is 1.37. The van der Waals surface area contributed by atoms with Crippen LogP contribution in [0.3, 0.4) is 0 Å². The number of amides is 2. The molecule has 0 bridgehead atoms. The molecule has 30 heavy (non-hydrogen) atoms. The first-order valence-corrected chi connectivity index (χ1v) is 10.2. The van der Waals surface area contributed by atoms with Gasteiger partial charge in [0, 0.05) is 31.0 Å². The van der Waals surface area contributed by atoms with Gasteiger partial charge in [0.2, 0.25) is 0 Å². The van der Waals surface area contributed by atoms with Crippen LogP contribution in [0.4, 0.5) is 11.4 Å². The van der Waals surface area contributed by atoms with Crippen LogP contribution in [-0.2, 0) is 4.79 Å². The molecule has 1 aromatic carbocycles. The number of pyridine rings is 1. The van der Waals surface area contributed by atoms with Gasteiger partial charge in [0.15, 0.2) is 11.8 Å². The van der Waals surface area contributed by atoms with E-state index in [2.05, 4.69) is 19.9 Å². The summed E-state index contributed by atoms with van der Waals surface area (Å²) in [4.78, 5) is 35.4. The molecule has 5 rings (SSSR count). The van der Waals surface area contributed by atoms with Crippen molar-refractivity contribution in [3.63, 3.8) is 0 Å². The lowest BCUT2D eigenvalue weighted by molar-refractivity contribution is -0.125. The van der Waals surface area contributed by atoms with E-state index < -0.39 is 6.10 Å². The zero-order valence-electron chi connectivity index (χ0n) is 17.0. The van der Waals surface area contributed by atoms with Crippen molar-refractivity contribution in [1.82, 2.24) is 14.5 Å². The molecule has 8 nitrogen and oxygen atoms in total. The van der Waals surface area contributed by atoms with Crippen LogP contribution in [0, 0.1) is 0 Å². The van der Waals surface area contributed by atoms with Crippen molar-refractivity contribution in [2.45, 2.75) is 44.8 Å². The predicted molar refractivity (Wildman–Crippen MR) is 113 cm³/mol. The van der Waals surface area contributed by atoms with Crippen molar-refractivity contribution in [2.24, 2.45) is 0 Å². The Hall–Kier alpha value is -3.42. The molecule has 1 aliphatic heterocycles. The van der Waals surface area contributed by atoms with Crippen LogP contribution in [0.25, 0.3) is 11.2 Å². The minimum atomic E-state index is -0.560. The summed E-state index contributed by atoms with van der Waals surface area (Å²) in [5.41, 5.74) is 3.25. The minimum Gasteiger partial charge on any atom is -0.479 e. The molecule has 3 aromatic rings. The molecule has 0 saturated heterocycles. The summed E-state index contributed by atoms with van der Waals surface area (Å²) in [5, 5.41) is 2.88. The highest BCUT2D eigenvalue weighted by atomic mass is 16.5. The van der Waals surface area contributed by atoms with Gasteiger partial charge in [0.05, 0.1) is 17.6 Å². The normalized spacial score (nSPS) is 19.1. The number of nitrogens with zero attached hydrogens (tertiary/aromatic N) is 4. The standard InChI is InChI=1S/C22H23N5O3/c1-13-22(29)26(2)18-8-7-15(10-19(18)30-13)25-21(28)14-9-17-20(23-11-14)27(12-24-17)16-5-3-4-6-16/h7-13,16H,3-6H2,1-2H3,(H,25,28). The van der Waals surface area contributed by atoms with Crippen molar-refractivity contribution >= 4 is 34.4 Å². The zero-order chi connectivity index (χ0) is 20.8. The van der Waals surface area contributed by atoms with Crippen LogP contribution < -0.4 is 15.0 Å². The molecule has 1 aliphatic carbocycles. The lowest BCUT2D eigenvalue weighted by atomic mass is 10.1. The maximum Gasteiger partial charge on any atom is 0.267 e. The molecule has 1 N–H and O–H groups in total. The fourth-order valence-electron chi connectivity index (χ4n) is 4.29. The number of imidazole rings is 1. The quantitative estimate of drug-likeness (QED) is 0.720. The summed E-state index contributed by atoms with van der Waals surface area (Å²) in [5.74, 6) is 0.190. The fourth-order valence-corrected chi connectivity index (χ4v) is 4.29. The third-order valence-corrected chi connectivity index (χ3v) is 5.95. The first-order chi connectivity index (χ1) is 14.5. The summed E-state index contributed by atoms with van der Waals surface area (Å²) in [6.07, 6.45) is 7.62. The van der Waals surface area contributed by atoms with Crippen molar-refractivity contribution in [1.29, 1.82) is 0 Å². The van der Waals surface area contributed by atoms with Crippen molar-refractivity contribution < 1.29 is 14.3 Å². The van der Waals surface area contributed by atoms with Gasteiger partial charge in [-0.3, -0.25) is 9.59 Å². The molecule has 0 radical (unpaired) electrons. The van der Waals surface area contributed by atoms with E-state index in [1.54, 1.807) is 49.3 Å². The summed E-state index contributed by atoms with van der Waals surface area (Å²) >= 11 is 0. The zero-order valence-corrected chi connectivity index (χ0v) is 17.0. The number of hydrogen-bond acceptors (Lipinski definition) is 5. The molecular formula is C22H23N5O3. The Morgan fingerprint density at radius 3 is 2.80 bits per heavy atom. The summed E-state index contributed by atoms with van der Waals surface area (Å²) in [7, 11) is 1.71. The molecule has 1 atom stereocenters. The number of aromatic nitrogens is 3. The molecule has 0 spiro atoms. The van der Waals surface area contributed by atoms with E-state index in [1.807, 2.05) is 6.33 Å². The van der Waals surface area contributed by atoms with Gasteiger partial charge in [-0.1, -0.05) is 12.8 Å². The second-order valence-electron chi connectivity index (χ2n) is 7.95. The number of nitrogens with one attached hydrogen (secondary N) is 1. The Morgan fingerprint density at radius 1 is 1.20 bits per heavy atom. The van der Waals surface area contributed by atoms with Crippen LogP contribution in [0.2, 0.25) is 0 Å². The van der Waals surface area contributed by atoms with E-state index in [4.69, 9.17) is 4.74 Å². The molecule has 2 aliphatic rings. The van der Waals surface area contributed by atoms with Crippen LogP contribution >= 0.6 is 0 Å². The number of ether oxygens (including phenoxy) is 1. The number of anilines is 2. The summed E-state index contributed by atoms with van der Waals surface area (Å²) in [6, 6.07) is 7.46. The van der Waals surface area contributed by atoms with Gasteiger partial charge in [0.1, 0.15) is 11.3 Å². The van der Waals surface area contributed by atoms with E-state index in [0.717, 1.165) is 24.0 Å². The van der Waals surface area contributed by atoms with Crippen molar-refractivity contribution in [3.8, 4) is 5.75 Å². The van der Waals surface area contributed by atoms with Gasteiger partial charge >= 0.3 is 0 Å². The number of carbonyl (C=O) groups excluding carboxylic acids is 2. The summed E-state index contributed by atoms with van der Waals surface area (Å²) < 4.78 is 7.81. The second kappa shape index (κ2) is 7.12. The van der Waals surface area contributed by atoms with Crippen molar-refractivity contribution in [2.75, 3.05) is 17.3 Å². The van der Waals surface area contributed by atoms with Crippen LogP contribution in [0.1, 0.15) is 49.0 Å². The predicted octanol–water partition coefficient (Wildman–Crippen LogP) is 3.54. The highest BCUT2D eigenvalue weighted by Crippen LogP contribution is 2.35. The number of hydrogen-bond donors (Lipinski definition) is 1. The lowest BCUT2D eigenvalue weighted by Gasteiger charge is -2.30. The smallest absolute Gasteiger partial charge is 0.267 e.